The van der Waals surface area contributed by atoms with E-state index in [2.05, 4.69) is 37.6 Å². The molecule has 6 nitrogen and oxygen atoms in total. The summed E-state index contributed by atoms with van der Waals surface area (Å²) in [6.45, 7) is 2.45. The van der Waals surface area contributed by atoms with Crippen molar-refractivity contribution in [1.29, 1.82) is 0 Å². The first kappa shape index (κ1) is 21.6. The van der Waals surface area contributed by atoms with Gasteiger partial charge in [-0.1, -0.05) is 48.5 Å². The fourth-order valence-corrected chi connectivity index (χ4v) is 3.85. The molecule has 3 N–H and O–H groups in total. The number of H-pyrrole nitrogens is 1. The summed E-state index contributed by atoms with van der Waals surface area (Å²) >= 11 is 3.18. The van der Waals surface area contributed by atoms with E-state index in [1.165, 1.54) is 11.6 Å². The largest absolute Gasteiger partial charge is 0.444 e. The molecule has 2 heterocycles. The van der Waals surface area contributed by atoms with E-state index < -0.39 is 5.91 Å². The number of nitrogens with one attached hydrogen (secondary N) is 3. The molecule has 7 heteroatoms. The summed E-state index contributed by atoms with van der Waals surface area (Å²) in [6.07, 6.45) is 2.31. The number of rotatable bonds is 7. The third-order valence-electron chi connectivity index (χ3n) is 5.09. The standard InChI is InChI=1S/C25H22BrN3O3/c1-16-18(19-9-5-6-10-20(19)28-16)13-14-27-24(30)21(15-17-7-3-2-4-8-17)29-25(31)22-11-12-23(26)32-22/h2-12,15,28H,13-14H2,1H3,(H,27,30)(H,29,31). The molecule has 162 valence electrons. The molecule has 32 heavy (non-hydrogen) atoms. The number of furan rings is 1. The van der Waals surface area contributed by atoms with Crippen LogP contribution in [-0.4, -0.2) is 23.3 Å². The number of aryl methyl sites for hydroxylation is 1. The van der Waals surface area contributed by atoms with Crippen molar-refractivity contribution in [2.24, 2.45) is 0 Å². The monoisotopic (exact) mass is 491 g/mol. The molecule has 2 aromatic heterocycles. The van der Waals surface area contributed by atoms with Crippen molar-refractivity contribution in [2.45, 2.75) is 13.3 Å². The lowest BCUT2D eigenvalue weighted by Crippen LogP contribution is -2.35. The number of carbonyl (C=O) groups is 2. The molecule has 0 atom stereocenters. The van der Waals surface area contributed by atoms with Gasteiger partial charge in [-0.2, -0.15) is 0 Å². The van der Waals surface area contributed by atoms with Crippen molar-refractivity contribution >= 4 is 44.7 Å². The maximum Gasteiger partial charge on any atom is 0.291 e. The number of halogens is 1. The van der Waals surface area contributed by atoms with Gasteiger partial charge in [0.25, 0.3) is 11.8 Å². The summed E-state index contributed by atoms with van der Waals surface area (Å²) in [5.74, 6) is -0.760. The Hall–Kier alpha value is -3.58. The number of fused-ring (bicyclic) bond motifs is 1. The minimum atomic E-state index is -0.500. The van der Waals surface area contributed by atoms with Crippen LogP contribution in [-0.2, 0) is 11.2 Å². The van der Waals surface area contributed by atoms with E-state index in [4.69, 9.17) is 4.42 Å². The van der Waals surface area contributed by atoms with Crippen LogP contribution in [0.25, 0.3) is 17.0 Å². The fourth-order valence-electron chi connectivity index (χ4n) is 3.55. The zero-order chi connectivity index (χ0) is 22.5. The lowest BCUT2D eigenvalue weighted by molar-refractivity contribution is -0.117. The molecule has 4 rings (SSSR count). The molecule has 0 aliphatic carbocycles. The summed E-state index contributed by atoms with van der Waals surface area (Å²) < 4.78 is 5.74. The zero-order valence-electron chi connectivity index (χ0n) is 17.4. The number of aromatic nitrogens is 1. The van der Waals surface area contributed by atoms with Crippen LogP contribution >= 0.6 is 15.9 Å². The second kappa shape index (κ2) is 9.70. The third-order valence-corrected chi connectivity index (χ3v) is 5.51. The van der Waals surface area contributed by atoms with Gasteiger partial charge in [-0.15, -0.1) is 0 Å². The van der Waals surface area contributed by atoms with Gasteiger partial charge in [0.05, 0.1) is 0 Å². The SMILES string of the molecule is Cc1[nH]c2ccccc2c1CCNC(=O)C(=Cc1ccccc1)NC(=O)c1ccc(Br)o1. The number of benzene rings is 2. The summed E-state index contributed by atoms with van der Waals surface area (Å²) in [7, 11) is 0. The highest BCUT2D eigenvalue weighted by Crippen LogP contribution is 2.22. The second-order valence-electron chi connectivity index (χ2n) is 7.31. The van der Waals surface area contributed by atoms with E-state index in [0.717, 1.165) is 22.2 Å². The van der Waals surface area contributed by atoms with Gasteiger partial charge in [0.2, 0.25) is 0 Å². The predicted octanol–water partition coefficient (Wildman–Crippen LogP) is 4.96. The summed E-state index contributed by atoms with van der Waals surface area (Å²) in [4.78, 5) is 28.9. The van der Waals surface area contributed by atoms with E-state index >= 15 is 0 Å². The zero-order valence-corrected chi connectivity index (χ0v) is 19.0. The van der Waals surface area contributed by atoms with Crippen molar-refractivity contribution in [3.8, 4) is 0 Å². The van der Waals surface area contributed by atoms with Crippen molar-refractivity contribution in [2.75, 3.05) is 6.54 Å². The molecule has 0 bridgehead atoms. The maximum absolute atomic E-state index is 13.0. The van der Waals surface area contributed by atoms with E-state index in [0.29, 0.717) is 17.6 Å². The second-order valence-corrected chi connectivity index (χ2v) is 8.09. The minimum absolute atomic E-state index is 0.109. The molecule has 0 aliphatic rings. The summed E-state index contributed by atoms with van der Waals surface area (Å²) in [5.41, 5.74) is 4.26. The lowest BCUT2D eigenvalue weighted by atomic mass is 10.1. The van der Waals surface area contributed by atoms with Crippen LogP contribution in [0.3, 0.4) is 0 Å². The number of carbonyl (C=O) groups excluding carboxylic acids is 2. The topological polar surface area (TPSA) is 87.1 Å². The molecule has 2 amide bonds. The Kier molecular flexibility index (Phi) is 6.56. The first-order valence-corrected chi connectivity index (χ1v) is 11.0. The van der Waals surface area contributed by atoms with Gasteiger partial charge in [-0.25, -0.2) is 0 Å². The molecule has 4 aromatic rings. The average Bonchev–Trinajstić information content (AvgIpc) is 3.37. The van der Waals surface area contributed by atoms with E-state index in [1.54, 1.807) is 12.1 Å². The van der Waals surface area contributed by atoms with Gasteiger partial charge < -0.3 is 20.0 Å². The van der Waals surface area contributed by atoms with Gasteiger partial charge in [0.1, 0.15) is 5.70 Å². The average molecular weight is 492 g/mol. The van der Waals surface area contributed by atoms with Crippen LogP contribution in [0.1, 0.15) is 27.4 Å². The van der Waals surface area contributed by atoms with Crippen molar-refractivity contribution in [3.63, 3.8) is 0 Å². The van der Waals surface area contributed by atoms with E-state index in [9.17, 15) is 9.59 Å². The summed E-state index contributed by atoms with van der Waals surface area (Å²) in [5, 5.41) is 6.74. The van der Waals surface area contributed by atoms with Crippen molar-refractivity contribution in [1.82, 2.24) is 15.6 Å². The van der Waals surface area contributed by atoms with Gasteiger partial charge >= 0.3 is 0 Å². The Balaban J connectivity index is 1.49. The molecule has 0 saturated heterocycles. The molecule has 2 aromatic carbocycles. The number of hydrogen-bond acceptors (Lipinski definition) is 3. The van der Waals surface area contributed by atoms with Crippen LogP contribution in [0.4, 0.5) is 0 Å². The van der Waals surface area contributed by atoms with Gasteiger partial charge in [0.15, 0.2) is 10.4 Å². The molecular weight excluding hydrogens is 470 g/mol. The first-order chi connectivity index (χ1) is 15.5. The van der Waals surface area contributed by atoms with Gasteiger partial charge in [-0.05, 0) is 64.7 Å². The Morgan fingerprint density at radius 2 is 1.78 bits per heavy atom. The van der Waals surface area contributed by atoms with E-state index in [-0.39, 0.29) is 17.4 Å². The van der Waals surface area contributed by atoms with Crippen LogP contribution in [0.2, 0.25) is 0 Å². The van der Waals surface area contributed by atoms with Crippen LogP contribution in [0.5, 0.6) is 0 Å². The highest BCUT2D eigenvalue weighted by molar-refractivity contribution is 9.10. The quantitative estimate of drug-likeness (QED) is 0.319. The number of hydrogen-bond donors (Lipinski definition) is 3. The summed E-state index contributed by atoms with van der Waals surface area (Å²) in [6, 6.07) is 20.6. The Labute approximate surface area is 193 Å². The minimum Gasteiger partial charge on any atom is -0.444 e. The number of amides is 2. The van der Waals surface area contributed by atoms with Crippen LogP contribution < -0.4 is 10.6 Å². The molecule has 0 fully saturated rings. The molecular formula is C25H22BrN3O3. The fraction of sp³-hybridized carbons (Fsp3) is 0.120. The molecule has 0 aliphatic heterocycles. The van der Waals surface area contributed by atoms with Gasteiger partial charge in [-0.3, -0.25) is 9.59 Å². The number of aromatic amines is 1. The molecule has 0 radical (unpaired) electrons. The van der Waals surface area contributed by atoms with Crippen molar-refractivity contribution in [3.05, 3.63) is 99.7 Å². The van der Waals surface area contributed by atoms with Crippen molar-refractivity contribution < 1.29 is 14.0 Å². The Morgan fingerprint density at radius 3 is 2.53 bits per heavy atom. The third kappa shape index (κ3) is 5.00. The Morgan fingerprint density at radius 1 is 1.03 bits per heavy atom. The van der Waals surface area contributed by atoms with Gasteiger partial charge in [0, 0.05) is 23.1 Å². The highest BCUT2D eigenvalue weighted by Gasteiger charge is 2.17. The first-order valence-electron chi connectivity index (χ1n) is 10.2. The molecule has 0 spiro atoms. The molecule has 0 saturated carbocycles. The number of para-hydroxylation sites is 1. The normalized spacial score (nSPS) is 11.5. The lowest BCUT2D eigenvalue weighted by Gasteiger charge is -2.11. The van der Waals surface area contributed by atoms with E-state index in [1.807, 2.05) is 55.5 Å². The highest BCUT2D eigenvalue weighted by atomic mass is 79.9. The van der Waals surface area contributed by atoms with Crippen LogP contribution in [0, 0.1) is 6.92 Å². The smallest absolute Gasteiger partial charge is 0.291 e. The van der Waals surface area contributed by atoms with Crippen LogP contribution in [0.15, 0.2) is 81.5 Å². The maximum atomic E-state index is 13.0. The molecule has 0 unspecified atom stereocenters. The predicted molar refractivity (Wildman–Crippen MR) is 128 cm³/mol. The Bertz CT molecular complexity index is 1290.